The molecule has 1 amide bonds. The number of aliphatic hydroxyl groups is 1. The monoisotopic (exact) mass is 373 g/mol. The van der Waals surface area contributed by atoms with E-state index in [1.807, 2.05) is 42.2 Å². The highest BCUT2D eigenvalue weighted by atomic mass is 16.5. The van der Waals surface area contributed by atoms with Gasteiger partial charge >= 0.3 is 0 Å². The molecule has 0 aromatic heterocycles. The van der Waals surface area contributed by atoms with E-state index in [1.165, 1.54) is 0 Å². The molecule has 148 valence electrons. The summed E-state index contributed by atoms with van der Waals surface area (Å²) in [6.07, 6.45) is 3.79. The van der Waals surface area contributed by atoms with Crippen molar-refractivity contribution in [2.45, 2.75) is 51.0 Å². The Bertz CT molecular complexity index is 641. The van der Waals surface area contributed by atoms with Crippen LogP contribution in [-0.4, -0.2) is 53.6 Å². The second-order valence-corrected chi connectivity index (χ2v) is 8.01. The van der Waals surface area contributed by atoms with E-state index in [0.29, 0.717) is 44.3 Å². The molecule has 2 aliphatic heterocycles. The Hall–Kier alpha value is -1.72. The van der Waals surface area contributed by atoms with Crippen LogP contribution < -0.4 is 0 Å². The molecule has 1 aromatic rings. The van der Waals surface area contributed by atoms with E-state index in [2.05, 4.69) is 0 Å². The molecule has 2 aliphatic rings. The molecule has 2 atom stereocenters. The first kappa shape index (κ1) is 20.0. The molecule has 2 saturated heterocycles. The maximum absolute atomic E-state index is 12.6. The summed E-state index contributed by atoms with van der Waals surface area (Å²) in [4.78, 5) is 26.6. The number of carbonyl (C=O) groups excluding carboxylic acids is 2. The van der Waals surface area contributed by atoms with Gasteiger partial charge in [0.05, 0.1) is 5.60 Å². The van der Waals surface area contributed by atoms with Crippen LogP contribution in [0.4, 0.5) is 0 Å². The molecule has 5 nitrogen and oxygen atoms in total. The Morgan fingerprint density at radius 2 is 1.89 bits per heavy atom. The van der Waals surface area contributed by atoms with Gasteiger partial charge in [-0.05, 0) is 31.6 Å². The summed E-state index contributed by atoms with van der Waals surface area (Å²) in [5.41, 5.74) is 0.0159. The van der Waals surface area contributed by atoms with E-state index < -0.39 is 5.60 Å². The number of carbonyl (C=O) groups is 2. The zero-order valence-corrected chi connectivity index (χ0v) is 16.2. The minimum absolute atomic E-state index is 0.0595. The topological polar surface area (TPSA) is 66.8 Å². The molecule has 27 heavy (non-hydrogen) atoms. The van der Waals surface area contributed by atoms with E-state index in [-0.39, 0.29) is 23.5 Å². The number of hydrogen-bond donors (Lipinski definition) is 1. The van der Waals surface area contributed by atoms with Gasteiger partial charge in [0.2, 0.25) is 5.91 Å². The molecule has 3 rings (SSSR count). The number of benzene rings is 1. The molecule has 0 aliphatic carbocycles. The van der Waals surface area contributed by atoms with Crippen LogP contribution >= 0.6 is 0 Å². The lowest BCUT2D eigenvalue weighted by atomic mass is 9.70. The highest BCUT2D eigenvalue weighted by Crippen LogP contribution is 2.39. The average molecular weight is 373 g/mol. The number of hydrogen-bond acceptors (Lipinski definition) is 4. The summed E-state index contributed by atoms with van der Waals surface area (Å²) in [6, 6.07) is 9.22. The largest absolute Gasteiger partial charge is 0.389 e. The Labute approximate surface area is 161 Å². The Morgan fingerprint density at radius 3 is 2.56 bits per heavy atom. The molecule has 0 saturated carbocycles. The predicted molar refractivity (Wildman–Crippen MR) is 103 cm³/mol. The number of Topliss-reactive ketones (excluding diaryl/α,β-unsaturated/α-hetero) is 1. The first-order valence-corrected chi connectivity index (χ1v) is 10.2. The summed E-state index contributed by atoms with van der Waals surface area (Å²) in [5, 5.41) is 11.2. The molecule has 1 aromatic carbocycles. The van der Waals surface area contributed by atoms with Gasteiger partial charge in [0.15, 0.2) is 5.78 Å². The first-order valence-electron chi connectivity index (χ1n) is 10.2. The highest BCUT2D eigenvalue weighted by molar-refractivity contribution is 5.96. The van der Waals surface area contributed by atoms with Crippen molar-refractivity contribution >= 4 is 11.7 Å². The molecule has 0 radical (unpaired) electrons. The molecular formula is C22H31NO4. The van der Waals surface area contributed by atoms with Crippen molar-refractivity contribution in [3.63, 3.8) is 0 Å². The standard InChI is InChI=1S/C22H31NO4/c1-17-16-23(13-12-22(17,26)19-10-14-27-15-11-19)21(25)9-5-8-20(24)18-6-3-2-4-7-18/h2-4,6-7,17,19,26H,5,8-16H2,1H3. The summed E-state index contributed by atoms with van der Waals surface area (Å²) in [5.74, 6) is 0.507. The molecule has 2 unspecified atom stereocenters. The summed E-state index contributed by atoms with van der Waals surface area (Å²) < 4.78 is 5.42. The van der Waals surface area contributed by atoms with Crippen molar-refractivity contribution < 1.29 is 19.4 Å². The normalized spacial score (nSPS) is 26.7. The van der Waals surface area contributed by atoms with Crippen molar-refractivity contribution in [2.75, 3.05) is 26.3 Å². The number of ether oxygens (including phenoxy) is 1. The second kappa shape index (κ2) is 8.98. The van der Waals surface area contributed by atoms with Crippen molar-refractivity contribution in [3.8, 4) is 0 Å². The quantitative estimate of drug-likeness (QED) is 0.778. The number of likely N-dealkylation sites (tertiary alicyclic amines) is 1. The number of piperidine rings is 1. The van der Waals surface area contributed by atoms with Crippen LogP contribution in [0.25, 0.3) is 0 Å². The summed E-state index contributed by atoms with van der Waals surface area (Å²) in [7, 11) is 0. The van der Waals surface area contributed by atoms with Gasteiger partial charge in [0.1, 0.15) is 0 Å². The van der Waals surface area contributed by atoms with Crippen LogP contribution in [0, 0.1) is 11.8 Å². The molecule has 1 N–H and O–H groups in total. The fourth-order valence-electron chi connectivity index (χ4n) is 4.50. The Morgan fingerprint density at radius 1 is 1.19 bits per heavy atom. The SMILES string of the molecule is CC1CN(C(=O)CCCC(=O)c2ccccc2)CCC1(O)C1CCOCC1. The van der Waals surface area contributed by atoms with E-state index >= 15 is 0 Å². The summed E-state index contributed by atoms with van der Waals surface area (Å²) >= 11 is 0. The van der Waals surface area contributed by atoms with Crippen LogP contribution in [0.5, 0.6) is 0 Å². The van der Waals surface area contributed by atoms with Gasteiger partial charge < -0.3 is 14.7 Å². The lowest BCUT2D eigenvalue weighted by Gasteiger charge is -2.48. The van der Waals surface area contributed by atoms with Gasteiger partial charge in [-0.25, -0.2) is 0 Å². The fourth-order valence-corrected chi connectivity index (χ4v) is 4.50. The van der Waals surface area contributed by atoms with Crippen LogP contribution in [-0.2, 0) is 9.53 Å². The summed E-state index contributed by atoms with van der Waals surface area (Å²) in [6.45, 7) is 4.69. The van der Waals surface area contributed by atoms with Gasteiger partial charge in [-0.15, -0.1) is 0 Å². The fraction of sp³-hybridized carbons (Fsp3) is 0.636. The lowest BCUT2D eigenvalue weighted by Crippen LogP contribution is -2.56. The average Bonchev–Trinajstić information content (AvgIpc) is 2.71. The van der Waals surface area contributed by atoms with Gasteiger partial charge in [0.25, 0.3) is 0 Å². The van der Waals surface area contributed by atoms with Crippen LogP contribution in [0.3, 0.4) is 0 Å². The number of ketones is 1. The van der Waals surface area contributed by atoms with Gasteiger partial charge in [0, 0.05) is 50.6 Å². The van der Waals surface area contributed by atoms with Crippen molar-refractivity contribution in [1.82, 2.24) is 4.90 Å². The zero-order valence-electron chi connectivity index (χ0n) is 16.2. The van der Waals surface area contributed by atoms with E-state index in [9.17, 15) is 14.7 Å². The Kier molecular flexibility index (Phi) is 6.66. The number of rotatable bonds is 6. The maximum Gasteiger partial charge on any atom is 0.222 e. The highest BCUT2D eigenvalue weighted by Gasteiger charge is 2.45. The molecular weight excluding hydrogens is 342 g/mol. The van der Waals surface area contributed by atoms with Crippen molar-refractivity contribution in [1.29, 1.82) is 0 Å². The van der Waals surface area contributed by atoms with E-state index in [4.69, 9.17) is 4.74 Å². The molecule has 0 bridgehead atoms. The first-order chi connectivity index (χ1) is 13.0. The van der Waals surface area contributed by atoms with Gasteiger partial charge in [-0.3, -0.25) is 9.59 Å². The number of nitrogens with zero attached hydrogens (tertiary/aromatic N) is 1. The number of amides is 1. The van der Waals surface area contributed by atoms with Gasteiger partial charge in [-0.2, -0.15) is 0 Å². The maximum atomic E-state index is 12.6. The molecule has 2 fully saturated rings. The van der Waals surface area contributed by atoms with Crippen LogP contribution in [0.1, 0.15) is 55.8 Å². The second-order valence-electron chi connectivity index (χ2n) is 8.01. The van der Waals surface area contributed by atoms with Crippen molar-refractivity contribution in [2.24, 2.45) is 11.8 Å². The zero-order chi connectivity index (χ0) is 19.3. The van der Waals surface area contributed by atoms with E-state index in [0.717, 1.165) is 26.1 Å². The minimum atomic E-state index is -0.691. The van der Waals surface area contributed by atoms with Gasteiger partial charge in [-0.1, -0.05) is 37.3 Å². The molecule has 5 heteroatoms. The van der Waals surface area contributed by atoms with E-state index in [1.54, 1.807) is 0 Å². The molecule has 2 heterocycles. The van der Waals surface area contributed by atoms with Crippen molar-refractivity contribution in [3.05, 3.63) is 35.9 Å². The third-order valence-electron chi connectivity index (χ3n) is 6.30. The van der Waals surface area contributed by atoms with Crippen LogP contribution in [0.2, 0.25) is 0 Å². The minimum Gasteiger partial charge on any atom is -0.389 e. The lowest BCUT2D eigenvalue weighted by molar-refractivity contribution is -0.151. The molecule has 0 spiro atoms. The Balaban J connectivity index is 1.45. The third-order valence-corrected chi connectivity index (χ3v) is 6.30. The predicted octanol–water partition coefficient (Wildman–Crippen LogP) is 3.07. The van der Waals surface area contributed by atoms with Crippen LogP contribution in [0.15, 0.2) is 30.3 Å². The third kappa shape index (κ3) is 4.77. The smallest absolute Gasteiger partial charge is 0.222 e.